The van der Waals surface area contributed by atoms with Crippen LogP contribution in [-0.2, 0) is 0 Å². The second kappa shape index (κ2) is 5.16. The standard InChI is InChI=1S/C7H14N4S/c1-3-8-4-5-12-7-9-6(2)10-11-7/h8H,3-5H2,1-2H3,(H,9,10,11). The monoisotopic (exact) mass is 186 g/mol. The lowest BCUT2D eigenvalue weighted by Gasteiger charge is -1.97. The summed E-state index contributed by atoms with van der Waals surface area (Å²) in [5.41, 5.74) is 0. The van der Waals surface area contributed by atoms with Crippen LogP contribution in [0.1, 0.15) is 12.7 Å². The van der Waals surface area contributed by atoms with Gasteiger partial charge in [-0.15, -0.1) is 5.10 Å². The van der Waals surface area contributed by atoms with Crippen molar-refractivity contribution in [2.24, 2.45) is 0 Å². The normalized spacial score (nSPS) is 10.5. The summed E-state index contributed by atoms with van der Waals surface area (Å²) in [4.78, 5) is 4.18. The molecule has 0 spiro atoms. The molecule has 0 amide bonds. The van der Waals surface area contributed by atoms with Crippen LogP contribution in [0.15, 0.2) is 5.16 Å². The lowest BCUT2D eigenvalue weighted by molar-refractivity contribution is 0.767. The Morgan fingerprint density at radius 1 is 1.58 bits per heavy atom. The molecule has 1 aromatic heterocycles. The summed E-state index contributed by atoms with van der Waals surface area (Å²) < 4.78 is 0. The largest absolute Gasteiger partial charge is 0.316 e. The van der Waals surface area contributed by atoms with Crippen LogP contribution in [0, 0.1) is 6.92 Å². The van der Waals surface area contributed by atoms with E-state index in [4.69, 9.17) is 0 Å². The predicted molar refractivity (Wildman–Crippen MR) is 50.4 cm³/mol. The van der Waals surface area contributed by atoms with Crippen molar-refractivity contribution in [2.45, 2.75) is 19.0 Å². The third kappa shape index (κ3) is 3.23. The summed E-state index contributed by atoms with van der Waals surface area (Å²) in [5.74, 6) is 1.89. The van der Waals surface area contributed by atoms with E-state index in [-0.39, 0.29) is 0 Å². The Kier molecular flexibility index (Phi) is 4.10. The van der Waals surface area contributed by atoms with Crippen molar-refractivity contribution in [1.29, 1.82) is 0 Å². The fourth-order valence-corrected chi connectivity index (χ4v) is 1.52. The highest BCUT2D eigenvalue weighted by Crippen LogP contribution is 2.10. The highest BCUT2D eigenvalue weighted by atomic mass is 32.2. The Hall–Kier alpha value is -0.550. The van der Waals surface area contributed by atoms with E-state index in [2.05, 4.69) is 27.4 Å². The molecule has 5 heteroatoms. The fraction of sp³-hybridized carbons (Fsp3) is 0.714. The van der Waals surface area contributed by atoms with Crippen LogP contribution in [0.5, 0.6) is 0 Å². The molecule has 0 fully saturated rings. The Labute approximate surface area is 76.5 Å². The highest BCUT2D eigenvalue weighted by Gasteiger charge is 1.98. The molecule has 12 heavy (non-hydrogen) atoms. The lowest BCUT2D eigenvalue weighted by atomic mass is 10.7. The number of rotatable bonds is 5. The third-order valence-corrected chi connectivity index (χ3v) is 2.19. The summed E-state index contributed by atoms with van der Waals surface area (Å²) in [7, 11) is 0. The van der Waals surface area contributed by atoms with Crippen molar-refractivity contribution in [3.63, 3.8) is 0 Å². The summed E-state index contributed by atoms with van der Waals surface area (Å²) in [5, 5.41) is 10.9. The number of hydrogen-bond acceptors (Lipinski definition) is 4. The SMILES string of the molecule is CCNCCSc1n[nH]c(C)n1. The van der Waals surface area contributed by atoms with Crippen LogP contribution >= 0.6 is 11.8 Å². The Bertz CT molecular complexity index is 223. The summed E-state index contributed by atoms with van der Waals surface area (Å²) in [6.07, 6.45) is 0. The first kappa shape index (κ1) is 9.54. The van der Waals surface area contributed by atoms with Gasteiger partial charge in [-0.3, -0.25) is 5.10 Å². The van der Waals surface area contributed by atoms with Gasteiger partial charge in [-0.25, -0.2) is 4.98 Å². The summed E-state index contributed by atoms with van der Waals surface area (Å²) in [6, 6.07) is 0. The van der Waals surface area contributed by atoms with Crippen LogP contribution in [0.3, 0.4) is 0 Å². The average molecular weight is 186 g/mol. The molecule has 1 aromatic rings. The minimum atomic E-state index is 0.838. The maximum Gasteiger partial charge on any atom is 0.208 e. The van der Waals surface area contributed by atoms with E-state index in [1.807, 2.05) is 6.92 Å². The van der Waals surface area contributed by atoms with Crippen molar-refractivity contribution < 1.29 is 0 Å². The second-order valence-corrected chi connectivity index (χ2v) is 3.47. The number of aromatic nitrogens is 3. The molecule has 1 rings (SSSR count). The van der Waals surface area contributed by atoms with E-state index in [9.17, 15) is 0 Å². The smallest absolute Gasteiger partial charge is 0.208 e. The van der Waals surface area contributed by atoms with E-state index in [0.29, 0.717) is 0 Å². The first-order valence-corrected chi connectivity index (χ1v) is 5.04. The molecule has 0 bridgehead atoms. The lowest BCUT2D eigenvalue weighted by Crippen LogP contribution is -2.15. The van der Waals surface area contributed by atoms with Crippen molar-refractivity contribution >= 4 is 11.8 Å². The topological polar surface area (TPSA) is 53.6 Å². The number of nitrogens with one attached hydrogen (secondary N) is 2. The van der Waals surface area contributed by atoms with Gasteiger partial charge in [-0.2, -0.15) is 0 Å². The molecule has 68 valence electrons. The molecule has 0 aliphatic carbocycles. The van der Waals surface area contributed by atoms with Crippen molar-refractivity contribution in [3.05, 3.63) is 5.82 Å². The molecule has 0 aliphatic heterocycles. The van der Waals surface area contributed by atoms with Gasteiger partial charge >= 0.3 is 0 Å². The minimum Gasteiger partial charge on any atom is -0.316 e. The highest BCUT2D eigenvalue weighted by molar-refractivity contribution is 7.99. The van der Waals surface area contributed by atoms with Gasteiger partial charge < -0.3 is 5.32 Å². The zero-order chi connectivity index (χ0) is 8.81. The van der Waals surface area contributed by atoms with E-state index >= 15 is 0 Å². The zero-order valence-corrected chi connectivity index (χ0v) is 8.24. The molecule has 0 saturated heterocycles. The second-order valence-electron chi connectivity index (χ2n) is 2.41. The number of aromatic amines is 1. The maximum absolute atomic E-state index is 4.18. The third-order valence-electron chi connectivity index (χ3n) is 1.34. The molecule has 0 atom stereocenters. The predicted octanol–water partition coefficient (Wildman–Crippen LogP) is 0.815. The summed E-state index contributed by atoms with van der Waals surface area (Å²) in [6.45, 7) is 6.03. The molecular formula is C7H14N4S. The molecule has 0 unspecified atom stereocenters. The molecule has 1 heterocycles. The first-order chi connectivity index (χ1) is 5.83. The van der Waals surface area contributed by atoms with Crippen molar-refractivity contribution in [1.82, 2.24) is 20.5 Å². The van der Waals surface area contributed by atoms with Gasteiger partial charge in [0.25, 0.3) is 0 Å². The Morgan fingerprint density at radius 3 is 3.00 bits per heavy atom. The van der Waals surface area contributed by atoms with Gasteiger partial charge in [-0.1, -0.05) is 18.7 Å². The Balaban J connectivity index is 2.15. The first-order valence-electron chi connectivity index (χ1n) is 4.05. The Morgan fingerprint density at radius 2 is 2.42 bits per heavy atom. The molecule has 0 aliphatic rings. The number of hydrogen-bond donors (Lipinski definition) is 2. The van der Waals surface area contributed by atoms with E-state index in [1.54, 1.807) is 11.8 Å². The molecule has 0 aromatic carbocycles. The molecule has 4 nitrogen and oxygen atoms in total. The quantitative estimate of drug-likeness (QED) is 0.528. The van der Waals surface area contributed by atoms with Crippen LogP contribution < -0.4 is 5.32 Å². The van der Waals surface area contributed by atoms with Crippen LogP contribution in [0.2, 0.25) is 0 Å². The molecule has 0 saturated carbocycles. The van der Waals surface area contributed by atoms with Crippen molar-refractivity contribution in [3.8, 4) is 0 Å². The molecule has 0 radical (unpaired) electrons. The van der Waals surface area contributed by atoms with Crippen molar-refractivity contribution in [2.75, 3.05) is 18.8 Å². The maximum atomic E-state index is 4.18. The number of thioether (sulfide) groups is 1. The van der Waals surface area contributed by atoms with E-state index in [0.717, 1.165) is 29.8 Å². The van der Waals surface area contributed by atoms with Gasteiger partial charge in [0.2, 0.25) is 5.16 Å². The number of nitrogens with zero attached hydrogens (tertiary/aromatic N) is 2. The van der Waals surface area contributed by atoms with Gasteiger partial charge in [0.15, 0.2) is 0 Å². The van der Waals surface area contributed by atoms with E-state index < -0.39 is 0 Å². The minimum absolute atomic E-state index is 0.838. The number of H-pyrrole nitrogens is 1. The number of aryl methyl sites for hydroxylation is 1. The zero-order valence-electron chi connectivity index (χ0n) is 7.42. The van der Waals surface area contributed by atoms with Gasteiger partial charge in [-0.05, 0) is 13.5 Å². The van der Waals surface area contributed by atoms with Gasteiger partial charge in [0.05, 0.1) is 0 Å². The van der Waals surface area contributed by atoms with Crippen LogP contribution in [-0.4, -0.2) is 34.0 Å². The van der Waals surface area contributed by atoms with Gasteiger partial charge in [0, 0.05) is 12.3 Å². The van der Waals surface area contributed by atoms with Crippen LogP contribution in [0.4, 0.5) is 0 Å². The average Bonchev–Trinajstić information content (AvgIpc) is 2.45. The fourth-order valence-electron chi connectivity index (χ4n) is 0.778. The van der Waals surface area contributed by atoms with Crippen LogP contribution in [0.25, 0.3) is 0 Å². The van der Waals surface area contributed by atoms with Gasteiger partial charge in [0.1, 0.15) is 5.82 Å². The molecule has 2 N–H and O–H groups in total. The van der Waals surface area contributed by atoms with E-state index in [1.165, 1.54) is 0 Å². The summed E-state index contributed by atoms with van der Waals surface area (Å²) >= 11 is 1.67. The molecular weight excluding hydrogens is 172 g/mol.